The van der Waals surface area contributed by atoms with Gasteiger partial charge in [-0.15, -0.1) is 0 Å². The van der Waals surface area contributed by atoms with Gasteiger partial charge < -0.3 is 15.1 Å². The van der Waals surface area contributed by atoms with Crippen molar-refractivity contribution >= 4 is 40.4 Å². The standard InChI is InChI=1S/C22H20ClN3O4/c1-13(18-11-14-5-3-4-6-17(14)30-18)24-19(27)12-26-20(28)22(2,25-21(26)29)15-7-9-16(23)10-8-15/h3-11,13H,12H2,1-2H3,(H,24,27)(H,25,29)/t13-,22-/m0/s1. The third-order valence-electron chi connectivity index (χ3n) is 5.25. The van der Waals surface area contributed by atoms with Crippen LogP contribution in [0.2, 0.25) is 5.02 Å². The Balaban J connectivity index is 1.45. The molecule has 1 aromatic heterocycles. The summed E-state index contributed by atoms with van der Waals surface area (Å²) in [7, 11) is 0. The highest BCUT2D eigenvalue weighted by Gasteiger charge is 2.49. The topological polar surface area (TPSA) is 91.7 Å². The van der Waals surface area contributed by atoms with E-state index in [9.17, 15) is 14.4 Å². The fourth-order valence-corrected chi connectivity index (χ4v) is 3.66. The smallest absolute Gasteiger partial charge is 0.325 e. The number of hydrogen-bond donors (Lipinski definition) is 2. The van der Waals surface area contributed by atoms with Crippen molar-refractivity contribution < 1.29 is 18.8 Å². The Labute approximate surface area is 178 Å². The van der Waals surface area contributed by atoms with Crippen LogP contribution < -0.4 is 10.6 Å². The molecule has 2 atom stereocenters. The fourth-order valence-electron chi connectivity index (χ4n) is 3.54. The zero-order chi connectivity index (χ0) is 21.5. The van der Waals surface area contributed by atoms with Gasteiger partial charge in [-0.3, -0.25) is 14.5 Å². The molecule has 4 rings (SSSR count). The highest BCUT2D eigenvalue weighted by atomic mass is 35.5. The number of furan rings is 1. The van der Waals surface area contributed by atoms with Crippen LogP contribution >= 0.6 is 11.6 Å². The fraction of sp³-hybridized carbons (Fsp3) is 0.227. The average molecular weight is 426 g/mol. The number of carbonyl (C=O) groups is 3. The summed E-state index contributed by atoms with van der Waals surface area (Å²) >= 11 is 5.91. The van der Waals surface area contributed by atoms with Crippen LogP contribution in [0.4, 0.5) is 4.79 Å². The van der Waals surface area contributed by atoms with Gasteiger partial charge in [-0.05, 0) is 43.7 Å². The first-order valence-electron chi connectivity index (χ1n) is 9.46. The van der Waals surface area contributed by atoms with E-state index in [-0.39, 0.29) is 0 Å². The lowest BCUT2D eigenvalue weighted by atomic mass is 9.92. The van der Waals surface area contributed by atoms with Crippen molar-refractivity contribution in [1.82, 2.24) is 15.5 Å². The molecule has 30 heavy (non-hydrogen) atoms. The Bertz CT molecular complexity index is 1110. The van der Waals surface area contributed by atoms with Gasteiger partial charge in [0.15, 0.2) is 0 Å². The van der Waals surface area contributed by atoms with Crippen LogP contribution in [-0.4, -0.2) is 29.3 Å². The summed E-state index contributed by atoms with van der Waals surface area (Å²) in [6.07, 6.45) is 0. The molecule has 2 aromatic carbocycles. The maximum absolute atomic E-state index is 12.9. The number of carbonyl (C=O) groups excluding carboxylic acids is 3. The maximum Gasteiger partial charge on any atom is 0.325 e. The van der Waals surface area contributed by atoms with Crippen molar-refractivity contribution in [2.45, 2.75) is 25.4 Å². The monoisotopic (exact) mass is 425 g/mol. The number of fused-ring (bicyclic) bond motifs is 1. The molecule has 1 saturated heterocycles. The molecule has 0 unspecified atom stereocenters. The van der Waals surface area contributed by atoms with E-state index in [1.165, 1.54) is 0 Å². The van der Waals surface area contributed by atoms with Crippen molar-refractivity contribution in [3.8, 4) is 0 Å². The summed E-state index contributed by atoms with van der Waals surface area (Å²) in [5.74, 6) is -0.374. The zero-order valence-corrected chi connectivity index (χ0v) is 17.2. The first kappa shape index (κ1) is 20.0. The van der Waals surface area contributed by atoms with Gasteiger partial charge in [0.05, 0.1) is 6.04 Å². The van der Waals surface area contributed by atoms with E-state index in [4.69, 9.17) is 16.0 Å². The first-order valence-corrected chi connectivity index (χ1v) is 9.84. The number of nitrogens with one attached hydrogen (secondary N) is 2. The molecule has 4 amide bonds. The lowest BCUT2D eigenvalue weighted by molar-refractivity contribution is -0.135. The van der Waals surface area contributed by atoms with Crippen LogP contribution in [-0.2, 0) is 15.1 Å². The third-order valence-corrected chi connectivity index (χ3v) is 5.50. The Hall–Kier alpha value is -3.32. The van der Waals surface area contributed by atoms with Crippen molar-refractivity contribution in [3.05, 3.63) is 70.9 Å². The van der Waals surface area contributed by atoms with Gasteiger partial charge in [-0.25, -0.2) is 4.79 Å². The molecule has 8 heteroatoms. The highest BCUT2D eigenvalue weighted by molar-refractivity contribution is 6.30. The number of amides is 4. The van der Waals surface area contributed by atoms with Crippen LogP contribution in [0, 0.1) is 0 Å². The van der Waals surface area contributed by atoms with E-state index in [0.29, 0.717) is 16.3 Å². The third kappa shape index (κ3) is 3.52. The number of halogens is 1. The van der Waals surface area contributed by atoms with Gasteiger partial charge in [0.25, 0.3) is 5.91 Å². The van der Waals surface area contributed by atoms with E-state index in [1.807, 2.05) is 30.3 Å². The summed E-state index contributed by atoms with van der Waals surface area (Å²) in [5.41, 5.74) is 0.0528. The summed E-state index contributed by atoms with van der Waals surface area (Å²) in [5, 5.41) is 6.90. The van der Waals surface area contributed by atoms with E-state index in [1.54, 1.807) is 38.1 Å². The van der Waals surface area contributed by atoms with E-state index < -0.39 is 36.0 Å². The summed E-state index contributed by atoms with van der Waals surface area (Å²) in [4.78, 5) is 38.8. The molecular weight excluding hydrogens is 406 g/mol. The largest absolute Gasteiger partial charge is 0.459 e. The number of benzene rings is 2. The van der Waals surface area contributed by atoms with Gasteiger partial charge >= 0.3 is 6.03 Å². The Morgan fingerprint density at radius 3 is 2.60 bits per heavy atom. The Kier molecular flexibility index (Phi) is 4.99. The normalized spacial score (nSPS) is 19.8. The SMILES string of the molecule is C[C@H](NC(=O)CN1C(=O)N[C@@](C)(c2ccc(Cl)cc2)C1=O)c1cc2ccccc2o1. The maximum atomic E-state index is 12.9. The molecule has 0 saturated carbocycles. The number of urea groups is 1. The number of hydrogen-bond acceptors (Lipinski definition) is 4. The molecule has 154 valence electrons. The summed E-state index contributed by atoms with van der Waals surface area (Å²) in [6.45, 7) is 2.99. The second kappa shape index (κ2) is 7.50. The van der Waals surface area contributed by atoms with Crippen molar-refractivity contribution in [2.75, 3.05) is 6.54 Å². The van der Waals surface area contributed by atoms with Gasteiger partial charge in [0.2, 0.25) is 5.91 Å². The lowest BCUT2D eigenvalue weighted by Gasteiger charge is -2.22. The van der Waals surface area contributed by atoms with Crippen LogP contribution in [0.25, 0.3) is 11.0 Å². The molecular formula is C22H20ClN3O4. The molecule has 0 aliphatic carbocycles. The molecule has 1 fully saturated rings. The highest BCUT2D eigenvalue weighted by Crippen LogP contribution is 2.29. The second-order valence-electron chi connectivity index (χ2n) is 7.43. The minimum Gasteiger partial charge on any atom is -0.459 e. The molecule has 2 heterocycles. The quantitative estimate of drug-likeness (QED) is 0.609. The number of para-hydroxylation sites is 1. The molecule has 0 radical (unpaired) electrons. The average Bonchev–Trinajstić information content (AvgIpc) is 3.24. The number of rotatable bonds is 5. The van der Waals surface area contributed by atoms with E-state index in [2.05, 4.69) is 10.6 Å². The molecule has 2 N–H and O–H groups in total. The van der Waals surface area contributed by atoms with Gasteiger partial charge in [-0.1, -0.05) is 41.9 Å². The van der Waals surface area contributed by atoms with E-state index >= 15 is 0 Å². The number of imide groups is 1. The minimum absolute atomic E-state index is 0.390. The minimum atomic E-state index is -1.26. The Morgan fingerprint density at radius 1 is 1.20 bits per heavy atom. The molecule has 0 spiro atoms. The van der Waals surface area contributed by atoms with E-state index in [0.717, 1.165) is 15.9 Å². The molecule has 0 bridgehead atoms. The molecule has 1 aliphatic rings. The van der Waals surface area contributed by atoms with Crippen LogP contribution in [0.5, 0.6) is 0 Å². The van der Waals surface area contributed by atoms with Crippen LogP contribution in [0.1, 0.15) is 31.2 Å². The zero-order valence-electron chi connectivity index (χ0n) is 16.4. The predicted octanol–water partition coefficient (Wildman–Crippen LogP) is 3.73. The predicted molar refractivity (Wildman–Crippen MR) is 112 cm³/mol. The van der Waals surface area contributed by atoms with Crippen LogP contribution in [0.3, 0.4) is 0 Å². The first-order chi connectivity index (χ1) is 14.3. The Morgan fingerprint density at radius 2 is 1.90 bits per heavy atom. The molecule has 7 nitrogen and oxygen atoms in total. The van der Waals surface area contributed by atoms with Crippen molar-refractivity contribution in [1.29, 1.82) is 0 Å². The second-order valence-corrected chi connectivity index (χ2v) is 7.87. The molecule has 3 aromatic rings. The van der Waals surface area contributed by atoms with Gasteiger partial charge in [-0.2, -0.15) is 0 Å². The van der Waals surface area contributed by atoms with Gasteiger partial charge in [0.1, 0.15) is 23.4 Å². The number of nitrogens with zero attached hydrogens (tertiary/aromatic N) is 1. The summed E-state index contributed by atoms with van der Waals surface area (Å²) in [6, 6.07) is 15.0. The van der Waals surface area contributed by atoms with Crippen molar-refractivity contribution in [3.63, 3.8) is 0 Å². The van der Waals surface area contributed by atoms with Crippen molar-refractivity contribution in [2.24, 2.45) is 0 Å². The molecule has 1 aliphatic heterocycles. The lowest BCUT2D eigenvalue weighted by Crippen LogP contribution is -2.43. The van der Waals surface area contributed by atoms with Crippen LogP contribution in [0.15, 0.2) is 59.0 Å². The van der Waals surface area contributed by atoms with Gasteiger partial charge in [0, 0.05) is 10.4 Å². The summed E-state index contributed by atoms with van der Waals surface area (Å²) < 4.78 is 5.76.